The van der Waals surface area contributed by atoms with E-state index in [4.69, 9.17) is 0 Å². The molecule has 0 aliphatic carbocycles. The summed E-state index contributed by atoms with van der Waals surface area (Å²) in [5, 5.41) is 3.25. The maximum Gasteiger partial charge on any atom is 0.254 e. The number of nitrogens with one attached hydrogen (secondary N) is 2. The van der Waals surface area contributed by atoms with Crippen molar-refractivity contribution in [3.63, 3.8) is 0 Å². The lowest BCUT2D eigenvalue weighted by Crippen LogP contribution is -2.19. The molecule has 0 spiro atoms. The monoisotopic (exact) mass is 179 g/mol. The van der Waals surface area contributed by atoms with Crippen LogP contribution in [0.5, 0.6) is 0 Å². The van der Waals surface area contributed by atoms with Gasteiger partial charge in [-0.3, -0.25) is 4.79 Å². The molecule has 0 amide bonds. The molecule has 0 saturated carbocycles. The Morgan fingerprint density at radius 3 is 2.92 bits per heavy atom. The van der Waals surface area contributed by atoms with E-state index in [0.717, 1.165) is 37.2 Å². The molecule has 0 unspecified atom stereocenters. The van der Waals surface area contributed by atoms with E-state index in [1.807, 2.05) is 6.92 Å². The lowest BCUT2D eigenvalue weighted by molar-refractivity contribution is 0.708. The number of fused-ring (bicyclic) bond motifs is 1. The molecule has 2 rings (SSSR count). The highest BCUT2D eigenvalue weighted by Gasteiger charge is 2.12. The second-order valence-corrected chi connectivity index (χ2v) is 3.33. The van der Waals surface area contributed by atoms with E-state index in [9.17, 15) is 4.79 Å². The lowest BCUT2D eigenvalue weighted by atomic mass is 10.1. The zero-order valence-electron chi connectivity index (χ0n) is 7.68. The third-order valence-corrected chi connectivity index (χ3v) is 2.31. The Morgan fingerprint density at radius 1 is 1.31 bits per heavy atom. The van der Waals surface area contributed by atoms with E-state index in [-0.39, 0.29) is 5.56 Å². The summed E-state index contributed by atoms with van der Waals surface area (Å²) in [6, 6.07) is 0. The Hall–Kier alpha value is -1.16. The van der Waals surface area contributed by atoms with E-state index < -0.39 is 0 Å². The molecule has 2 heterocycles. The van der Waals surface area contributed by atoms with Crippen LogP contribution in [0.3, 0.4) is 0 Å². The minimum absolute atomic E-state index is 0.0335. The summed E-state index contributed by atoms with van der Waals surface area (Å²) in [4.78, 5) is 18.6. The molecular formula is C9H13N3O. The van der Waals surface area contributed by atoms with E-state index in [1.165, 1.54) is 0 Å². The Morgan fingerprint density at radius 2 is 2.08 bits per heavy atom. The van der Waals surface area contributed by atoms with Gasteiger partial charge in [-0.15, -0.1) is 0 Å². The molecule has 1 aromatic rings. The lowest BCUT2D eigenvalue weighted by Gasteiger charge is -2.03. The predicted octanol–water partition coefficient (Wildman–Crippen LogP) is -0.233. The number of hydrogen-bond acceptors (Lipinski definition) is 3. The van der Waals surface area contributed by atoms with Crippen LogP contribution in [0, 0.1) is 6.92 Å². The summed E-state index contributed by atoms with van der Waals surface area (Å²) in [6.45, 7) is 3.61. The highest BCUT2D eigenvalue weighted by molar-refractivity contribution is 5.19. The molecular weight excluding hydrogens is 166 g/mol. The molecule has 4 heteroatoms. The fourth-order valence-electron chi connectivity index (χ4n) is 1.68. The van der Waals surface area contributed by atoms with Crippen molar-refractivity contribution in [3.05, 3.63) is 27.4 Å². The fraction of sp³-hybridized carbons (Fsp3) is 0.556. The predicted molar refractivity (Wildman–Crippen MR) is 49.9 cm³/mol. The quantitative estimate of drug-likeness (QED) is 0.578. The van der Waals surface area contributed by atoms with Crippen LogP contribution < -0.4 is 10.9 Å². The van der Waals surface area contributed by atoms with Gasteiger partial charge in [0, 0.05) is 18.5 Å². The van der Waals surface area contributed by atoms with Gasteiger partial charge in [0.05, 0.1) is 5.69 Å². The number of aryl methyl sites for hydroxylation is 1. The molecule has 4 nitrogen and oxygen atoms in total. The largest absolute Gasteiger partial charge is 0.316 e. The van der Waals surface area contributed by atoms with Gasteiger partial charge in [-0.2, -0.15) is 0 Å². The number of nitrogens with zero attached hydrogens (tertiary/aromatic N) is 1. The van der Waals surface area contributed by atoms with Gasteiger partial charge < -0.3 is 10.3 Å². The summed E-state index contributed by atoms with van der Waals surface area (Å²) in [5.74, 6) is 0.714. The van der Waals surface area contributed by atoms with Crippen LogP contribution in [-0.2, 0) is 12.8 Å². The first-order valence-electron chi connectivity index (χ1n) is 4.57. The number of aromatic nitrogens is 2. The van der Waals surface area contributed by atoms with Gasteiger partial charge in [0.1, 0.15) is 5.82 Å². The molecule has 0 fully saturated rings. The highest BCUT2D eigenvalue weighted by atomic mass is 16.1. The third-order valence-electron chi connectivity index (χ3n) is 2.31. The maximum atomic E-state index is 11.5. The highest BCUT2D eigenvalue weighted by Crippen LogP contribution is 2.04. The summed E-state index contributed by atoms with van der Waals surface area (Å²) in [7, 11) is 0. The maximum absolute atomic E-state index is 11.5. The Labute approximate surface area is 76.4 Å². The number of rotatable bonds is 0. The van der Waals surface area contributed by atoms with E-state index >= 15 is 0 Å². The van der Waals surface area contributed by atoms with E-state index in [0.29, 0.717) is 5.82 Å². The van der Waals surface area contributed by atoms with Crippen LogP contribution in [0.1, 0.15) is 17.1 Å². The standard InChI is InChI=1S/C9H13N3O/c1-6-11-8-3-5-10-4-2-7(8)9(13)12-6/h10H,2-5H2,1H3,(H,11,12,13). The second kappa shape index (κ2) is 3.30. The molecule has 2 N–H and O–H groups in total. The first kappa shape index (κ1) is 8.44. The Balaban J connectivity index is 2.53. The van der Waals surface area contributed by atoms with Crippen molar-refractivity contribution in [1.82, 2.24) is 15.3 Å². The topological polar surface area (TPSA) is 57.8 Å². The molecule has 1 aliphatic rings. The number of H-pyrrole nitrogens is 1. The van der Waals surface area contributed by atoms with Crippen molar-refractivity contribution in [3.8, 4) is 0 Å². The molecule has 1 aromatic heterocycles. The molecule has 0 radical (unpaired) electrons. The van der Waals surface area contributed by atoms with Crippen molar-refractivity contribution < 1.29 is 0 Å². The van der Waals surface area contributed by atoms with Crippen LogP contribution >= 0.6 is 0 Å². The van der Waals surface area contributed by atoms with Crippen molar-refractivity contribution in [1.29, 1.82) is 0 Å². The summed E-state index contributed by atoms with van der Waals surface area (Å²) in [5.41, 5.74) is 1.85. The summed E-state index contributed by atoms with van der Waals surface area (Å²) in [6.07, 6.45) is 1.65. The van der Waals surface area contributed by atoms with E-state index in [2.05, 4.69) is 15.3 Å². The van der Waals surface area contributed by atoms with Crippen LogP contribution in [0.25, 0.3) is 0 Å². The molecule has 0 aromatic carbocycles. The minimum atomic E-state index is 0.0335. The molecule has 0 atom stereocenters. The molecule has 13 heavy (non-hydrogen) atoms. The summed E-state index contributed by atoms with van der Waals surface area (Å²) < 4.78 is 0. The first-order chi connectivity index (χ1) is 6.27. The van der Waals surface area contributed by atoms with Crippen molar-refractivity contribution >= 4 is 0 Å². The second-order valence-electron chi connectivity index (χ2n) is 3.33. The SMILES string of the molecule is Cc1nc2c(c(=O)[nH]1)CCNCC2. The zero-order valence-corrected chi connectivity index (χ0v) is 7.68. The first-order valence-corrected chi connectivity index (χ1v) is 4.57. The van der Waals surface area contributed by atoms with Gasteiger partial charge in [-0.05, 0) is 19.9 Å². The molecule has 0 saturated heterocycles. The van der Waals surface area contributed by atoms with Gasteiger partial charge in [-0.25, -0.2) is 4.98 Å². The number of hydrogen-bond donors (Lipinski definition) is 2. The van der Waals surface area contributed by atoms with Crippen LogP contribution in [0.4, 0.5) is 0 Å². The normalized spacial score (nSPS) is 16.4. The molecule has 70 valence electrons. The number of aromatic amines is 1. The zero-order chi connectivity index (χ0) is 9.26. The van der Waals surface area contributed by atoms with Gasteiger partial charge in [0.15, 0.2) is 0 Å². The van der Waals surface area contributed by atoms with Crippen LogP contribution in [-0.4, -0.2) is 23.1 Å². The van der Waals surface area contributed by atoms with Crippen LogP contribution in [0.15, 0.2) is 4.79 Å². The van der Waals surface area contributed by atoms with E-state index in [1.54, 1.807) is 0 Å². The molecule has 0 bridgehead atoms. The Bertz CT molecular complexity index is 370. The van der Waals surface area contributed by atoms with Gasteiger partial charge in [0.25, 0.3) is 5.56 Å². The van der Waals surface area contributed by atoms with Gasteiger partial charge in [0.2, 0.25) is 0 Å². The average Bonchev–Trinajstić information content (AvgIpc) is 2.28. The smallest absolute Gasteiger partial charge is 0.254 e. The third kappa shape index (κ3) is 1.62. The van der Waals surface area contributed by atoms with Crippen molar-refractivity contribution in [2.75, 3.05) is 13.1 Å². The van der Waals surface area contributed by atoms with Crippen LogP contribution in [0.2, 0.25) is 0 Å². The Kier molecular flexibility index (Phi) is 2.14. The molecule has 1 aliphatic heterocycles. The van der Waals surface area contributed by atoms with Crippen molar-refractivity contribution in [2.24, 2.45) is 0 Å². The minimum Gasteiger partial charge on any atom is -0.316 e. The van der Waals surface area contributed by atoms with Gasteiger partial charge in [-0.1, -0.05) is 0 Å². The summed E-state index contributed by atoms with van der Waals surface area (Å²) >= 11 is 0. The van der Waals surface area contributed by atoms with Gasteiger partial charge >= 0.3 is 0 Å². The average molecular weight is 179 g/mol. The fourth-order valence-corrected chi connectivity index (χ4v) is 1.68. The van der Waals surface area contributed by atoms with Crippen molar-refractivity contribution in [2.45, 2.75) is 19.8 Å².